The van der Waals surface area contributed by atoms with Crippen molar-refractivity contribution < 1.29 is 0 Å². The molecule has 1 unspecified atom stereocenters. The van der Waals surface area contributed by atoms with Crippen molar-refractivity contribution in [2.24, 2.45) is 5.92 Å². The molecule has 2 heteroatoms. The van der Waals surface area contributed by atoms with Crippen LogP contribution >= 0.6 is 0 Å². The van der Waals surface area contributed by atoms with E-state index < -0.39 is 0 Å². The quantitative estimate of drug-likeness (QED) is 0.877. The van der Waals surface area contributed by atoms with Gasteiger partial charge >= 0.3 is 0 Å². The van der Waals surface area contributed by atoms with Gasteiger partial charge in [-0.15, -0.1) is 0 Å². The Morgan fingerprint density at radius 3 is 2.11 bits per heavy atom. The van der Waals surface area contributed by atoms with Crippen LogP contribution in [0, 0.1) is 5.92 Å². The van der Waals surface area contributed by atoms with E-state index in [1.54, 1.807) is 11.1 Å². The minimum Gasteiger partial charge on any atom is -0.318 e. The summed E-state index contributed by atoms with van der Waals surface area (Å²) in [4.78, 5) is 2.67. The molecule has 0 saturated carbocycles. The number of nitrogens with one attached hydrogen (secondary N) is 1. The van der Waals surface area contributed by atoms with Crippen molar-refractivity contribution in [2.75, 3.05) is 26.7 Å². The summed E-state index contributed by atoms with van der Waals surface area (Å²) in [6.07, 6.45) is 2.40. The maximum Gasteiger partial charge on any atom is 0.0243 e. The predicted molar refractivity (Wildman–Crippen MR) is 78.0 cm³/mol. The summed E-state index contributed by atoms with van der Waals surface area (Å²) in [7, 11) is 2.06. The molecule has 0 radical (unpaired) electrons. The van der Waals surface area contributed by atoms with Gasteiger partial charge < -0.3 is 5.32 Å². The summed E-state index contributed by atoms with van der Waals surface area (Å²) in [5.74, 6) is 0.707. The lowest BCUT2D eigenvalue weighted by atomic mass is 10.0. The topological polar surface area (TPSA) is 15.3 Å². The van der Waals surface area contributed by atoms with Gasteiger partial charge in [0, 0.05) is 25.7 Å². The van der Waals surface area contributed by atoms with Crippen molar-refractivity contribution in [1.29, 1.82) is 0 Å². The number of likely N-dealkylation sites (N-methyl/N-ethyl adjacent to an activating group) is 1. The first-order chi connectivity index (χ1) is 8.72. The number of hydrogen-bond donors (Lipinski definition) is 1. The van der Waals surface area contributed by atoms with Gasteiger partial charge in [-0.3, -0.25) is 4.90 Å². The van der Waals surface area contributed by atoms with Crippen LogP contribution in [0.2, 0.25) is 0 Å². The highest BCUT2D eigenvalue weighted by Gasteiger charge is 2.23. The largest absolute Gasteiger partial charge is 0.318 e. The number of benzene rings is 1. The zero-order valence-corrected chi connectivity index (χ0v) is 11.9. The van der Waals surface area contributed by atoms with Gasteiger partial charge in [0.25, 0.3) is 0 Å². The van der Waals surface area contributed by atoms with Gasteiger partial charge in [-0.2, -0.15) is 0 Å². The minimum absolute atomic E-state index is 0.657. The zero-order chi connectivity index (χ0) is 13.0. The number of fused-ring (bicyclic) bond motifs is 1. The van der Waals surface area contributed by atoms with Crippen molar-refractivity contribution in [3.63, 3.8) is 0 Å². The van der Waals surface area contributed by atoms with Crippen molar-refractivity contribution in [3.8, 4) is 0 Å². The Hall–Kier alpha value is -0.860. The predicted octanol–water partition coefficient (Wildman–Crippen LogP) is 2.33. The van der Waals surface area contributed by atoms with Crippen LogP contribution in [-0.2, 0) is 12.8 Å². The third kappa shape index (κ3) is 3.12. The van der Waals surface area contributed by atoms with E-state index in [1.165, 1.54) is 25.9 Å². The van der Waals surface area contributed by atoms with E-state index in [0.717, 1.165) is 6.54 Å². The Labute approximate surface area is 111 Å². The van der Waals surface area contributed by atoms with Crippen molar-refractivity contribution in [1.82, 2.24) is 10.2 Å². The molecule has 0 aliphatic carbocycles. The molecule has 1 atom stereocenters. The van der Waals surface area contributed by atoms with Gasteiger partial charge in [-0.25, -0.2) is 0 Å². The van der Waals surface area contributed by atoms with Crippen LogP contribution in [0.1, 0.15) is 25.0 Å². The van der Waals surface area contributed by atoms with Gasteiger partial charge in [0.2, 0.25) is 0 Å². The van der Waals surface area contributed by atoms with E-state index in [0.29, 0.717) is 12.0 Å². The van der Waals surface area contributed by atoms with Crippen LogP contribution in [0.25, 0.3) is 0 Å². The molecule has 1 N–H and O–H groups in total. The first-order valence-corrected chi connectivity index (χ1v) is 7.17. The molecular formula is C16H26N2. The van der Waals surface area contributed by atoms with Crippen LogP contribution in [0.5, 0.6) is 0 Å². The molecule has 0 saturated heterocycles. The highest BCUT2D eigenvalue weighted by Crippen LogP contribution is 2.19. The van der Waals surface area contributed by atoms with Gasteiger partial charge in [0.15, 0.2) is 0 Å². The van der Waals surface area contributed by atoms with Crippen molar-refractivity contribution >= 4 is 0 Å². The molecule has 0 aromatic heterocycles. The molecular weight excluding hydrogens is 220 g/mol. The van der Waals surface area contributed by atoms with Crippen LogP contribution in [0.4, 0.5) is 0 Å². The Kier molecular flexibility index (Phi) is 4.79. The van der Waals surface area contributed by atoms with Gasteiger partial charge in [0.1, 0.15) is 0 Å². The van der Waals surface area contributed by atoms with E-state index in [9.17, 15) is 0 Å². The third-order valence-electron chi connectivity index (χ3n) is 4.11. The number of hydrogen-bond acceptors (Lipinski definition) is 2. The van der Waals surface area contributed by atoms with Gasteiger partial charge in [0.05, 0.1) is 0 Å². The lowest BCUT2D eigenvalue weighted by Gasteiger charge is -2.33. The molecule has 1 aromatic rings. The Morgan fingerprint density at radius 1 is 1.11 bits per heavy atom. The molecule has 1 heterocycles. The lowest BCUT2D eigenvalue weighted by Crippen LogP contribution is -2.46. The molecule has 0 bridgehead atoms. The highest BCUT2D eigenvalue weighted by molar-refractivity contribution is 5.28. The van der Waals surface area contributed by atoms with Crippen LogP contribution in [0.15, 0.2) is 24.3 Å². The molecule has 1 aliphatic rings. The zero-order valence-electron chi connectivity index (χ0n) is 11.9. The summed E-state index contributed by atoms with van der Waals surface area (Å²) in [5, 5.41) is 3.35. The first-order valence-electron chi connectivity index (χ1n) is 7.17. The Morgan fingerprint density at radius 2 is 1.67 bits per heavy atom. The number of rotatable bonds is 4. The molecule has 0 amide bonds. The second-order valence-electron chi connectivity index (χ2n) is 5.67. The molecule has 0 spiro atoms. The van der Waals surface area contributed by atoms with E-state index in [1.807, 2.05) is 0 Å². The van der Waals surface area contributed by atoms with Gasteiger partial charge in [-0.1, -0.05) is 38.1 Å². The summed E-state index contributed by atoms with van der Waals surface area (Å²) in [5.41, 5.74) is 3.10. The fourth-order valence-electron chi connectivity index (χ4n) is 3.01. The normalized spacial score (nSPS) is 18.4. The molecule has 100 valence electrons. The van der Waals surface area contributed by atoms with Crippen LogP contribution < -0.4 is 5.32 Å². The smallest absolute Gasteiger partial charge is 0.0243 e. The summed E-state index contributed by atoms with van der Waals surface area (Å²) in [6, 6.07) is 9.58. The third-order valence-corrected chi connectivity index (χ3v) is 4.11. The van der Waals surface area contributed by atoms with Crippen molar-refractivity contribution in [3.05, 3.63) is 35.4 Å². The first kappa shape index (κ1) is 13.6. The molecule has 1 aliphatic heterocycles. The van der Waals surface area contributed by atoms with Crippen LogP contribution in [-0.4, -0.2) is 37.6 Å². The summed E-state index contributed by atoms with van der Waals surface area (Å²) >= 11 is 0. The minimum atomic E-state index is 0.657. The summed E-state index contributed by atoms with van der Waals surface area (Å²) < 4.78 is 0. The molecule has 2 rings (SSSR count). The van der Waals surface area contributed by atoms with Crippen molar-refractivity contribution in [2.45, 2.75) is 32.7 Å². The molecule has 18 heavy (non-hydrogen) atoms. The molecule has 0 fully saturated rings. The number of nitrogens with zero attached hydrogens (tertiary/aromatic N) is 1. The van der Waals surface area contributed by atoms with E-state index in [4.69, 9.17) is 0 Å². The molecule has 1 aromatic carbocycles. The van der Waals surface area contributed by atoms with Crippen LogP contribution in [0.3, 0.4) is 0 Å². The average molecular weight is 246 g/mol. The maximum atomic E-state index is 3.35. The second kappa shape index (κ2) is 6.35. The SMILES string of the molecule is CNCC(C(C)C)N1CCc2ccccc2CC1. The van der Waals surface area contributed by atoms with Gasteiger partial charge in [-0.05, 0) is 36.9 Å². The highest BCUT2D eigenvalue weighted by atomic mass is 15.2. The second-order valence-corrected chi connectivity index (χ2v) is 5.67. The average Bonchev–Trinajstić information content (AvgIpc) is 2.58. The Balaban J connectivity index is 2.06. The maximum absolute atomic E-state index is 3.35. The van der Waals surface area contributed by atoms with E-state index in [2.05, 4.69) is 55.4 Å². The van der Waals surface area contributed by atoms with E-state index in [-0.39, 0.29) is 0 Å². The standard InChI is InChI=1S/C16H26N2/c1-13(2)16(12-17-3)18-10-8-14-6-4-5-7-15(14)9-11-18/h4-7,13,16-17H,8-12H2,1-3H3. The fourth-order valence-corrected chi connectivity index (χ4v) is 3.01. The van der Waals surface area contributed by atoms with E-state index >= 15 is 0 Å². The fraction of sp³-hybridized carbons (Fsp3) is 0.625. The summed E-state index contributed by atoms with van der Waals surface area (Å²) in [6.45, 7) is 8.15. The molecule has 2 nitrogen and oxygen atoms in total. The Bertz CT molecular complexity index is 346. The lowest BCUT2D eigenvalue weighted by molar-refractivity contribution is 0.160. The monoisotopic (exact) mass is 246 g/mol.